The maximum atomic E-state index is 11.6. The van der Waals surface area contributed by atoms with Gasteiger partial charge in [0.25, 0.3) is 0 Å². The monoisotopic (exact) mass is 292 g/mol. The molecule has 6 nitrogen and oxygen atoms in total. The van der Waals surface area contributed by atoms with Gasteiger partial charge in [0.2, 0.25) is 0 Å². The molecule has 0 fully saturated rings. The second kappa shape index (κ2) is 6.16. The second-order valence-corrected chi connectivity index (χ2v) is 5.12. The molecule has 1 heterocycles. The van der Waals surface area contributed by atoms with Gasteiger partial charge in [0, 0.05) is 4.88 Å². The molecule has 2 rings (SSSR count). The van der Waals surface area contributed by atoms with Crippen molar-refractivity contribution in [3.05, 3.63) is 46.5 Å². The molecule has 0 aliphatic rings. The number of aromatic carboxylic acids is 1. The predicted molar refractivity (Wildman–Crippen MR) is 74.1 cm³/mol. The third kappa shape index (κ3) is 3.55. The van der Waals surface area contributed by atoms with Gasteiger partial charge in [0.15, 0.2) is 10.8 Å². The fraction of sp³-hybridized carbons (Fsp3) is 0.154. The van der Waals surface area contributed by atoms with Gasteiger partial charge in [0.05, 0.1) is 0 Å². The number of thiazole rings is 1. The van der Waals surface area contributed by atoms with Gasteiger partial charge in [-0.05, 0) is 12.5 Å². The van der Waals surface area contributed by atoms with Crippen LogP contribution in [0.15, 0.2) is 30.3 Å². The number of hydrogen-bond donors (Lipinski definition) is 2. The minimum absolute atomic E-state index is 0.0617. The number of hydrogen-bond acceptors (Lipinski definition) is 5. The number of carbonyl (C=O) groups is 2. The molecule has 104 valence electrons. The van der Waals surface area contributed by atoms with Crippen molar-refractivity contribution in [2.75, 3.05) is 5.32 Å². The summed E-state index contributed by atoms with van der Waals surface area (Å²) in [6.07, 6.45) is -0.667. The first-order valence-electron chi connectivity index (χ1n) is 5.74. The summed E-state index contributed by atoms with van der Waals surface area (Å²) in [6.45, 7) is 1.77. The van der Waals surface area contributed by atoms with Gasteiger partial charge in [0.1, 0.15) is 6.61 Å². The van der Waals surface area contributed by atoms with E-state index in [1.807, 2.05) is 30.3 Å². The number of carbonyl (C=O) groups excluding carboxylic acids is 1. The highest BCUT2D eigenvalue weighted by atomic mass is 32.1. The topological polar surface area (TPSA) is 88.5 Å². The second-order valence-electron chi connectivity index (χ2n) is 3.92. The van der Waals surface area contributed by atoms with Gasteiger partial charge in [-0.1, -0.05) is 30.3 Å². The zero-order valence-corrected chi connectivity index (χ0v) is 11.4. The number of anilines is 1. The lowest BCUT2D eigenvalue weighted by molar-refractivity contribution is 0.0690. The summed E-state index contributed by atoms with van der Waals surface area (Å²) >= 11 is 1.09. The highest BCUT2D eigenvalue weighted by molar-refractivity contribution is 7.16. The van der Waals surface area contributed by atoms with Gasteiger partial charge in [-0.15, -0.1) is 11.3 Å². The summed E-state index contributed by atoms with van der Waals surface area (Å²) in [5.41, 5.74) is 0.803. The van der Waals surface area contributed by atoms with Gasteiger partial charge >= 0.3 is 12.1 Å². The Balaban J connectivity index is 1.92. The summed E-state index contributed by atoms with van der Waals surface area (Å²) < 4.78 is 5.01. The molecule has 2 aromatic rings. The van der Waals surface area contributed by atoms with E-state index in [1.165, 1.54) is 0 Å². The fourth-order valence-corrected chi connectivity index (χ4v) is 2.29. The molecule has 0 spiro atoms. The Morgan fingerprint density at radius 2 is 2.05 bits per heavy atom. The molecule has 0 saturated heterocycles. The molecule has 0 aliphatic carbocycles. The maximum absolute atomic E-state index is 11.6. The van der Waals surface area contributed by atoms with Crippen LogP contribution in [0.25, 0.3) is 0 Å². The lowest BCUT2D eigenvalue weighted by atomic mass is 10.2. The van der Waals surface area contributed by atoms with Crippen LogP contribution in [-0.4, -0.2) is 22.2 Å². The van der Waals surface area contributed by atoms with Gasteiger partial charge in [-0.3, -0.25) is 5.32 Å². The Labute approximate surface area is 119 Å². The third-order valence-corrected chi connectivity index (χ3v) is 3.31. The van der Waals surface area contributed by atoms with Crippen molar-refractivity contribution >= 4 is 28.5 Å². The van der Waals surface area contributed by atoms with Gasteiger partial charge < -0.3 is 9.84 Å². The zero-order chi connectivity index (χ0) is 14.5. The van der Waals surface area contributed by atoms with E-state index in [-0.39, 0.29) is 17.4 Å². The van der Waals surface area contributed by atoms with Crippen LogP contribution in [0.1, 0.15) is 20.9 Å². The number of carboxylic acid groups (broad SMARTS) is 1. The first-order chi connectivity index (χ1) is 9.56. The summed E-state index contributed by atoms with van der Waals surface area (Å²) in [4.78, 5) is 26.7. The molecule has 1 amide bonds. The van der Waals surface area contributed by atoms with Crippen LogP contribution in [-0.2, 0) is 11.3 Å². The smallest absolute Gasteiger partial charge is 0.413 e. The van der Waals surface area contributed by atoms with E-state index in [0.29, 0.717) is 4.88 Å². The minimum Gasteiger partial charge on any atom is -0.476 e. The van der Waals surface area contributed by atoms with E-state index in [2.05, 4.69) is 10.3 Å². The molecule has 0 radical (unpaired) electrons. The normalized spacial score (nSPS) is 10.1. The van der Waals surface area contributed by atoms with E-state index in [0.717, 1.165) is 16.9 Å². The van der Waals surface area contributed by atoms with Crippen molar-refractivity contribution in [2.45, 2.75) is 13.5 Å². The van der Waals surface area contributed by atoms with Crippen molar-refractivity contribution < 1.29 is 19.4 Å². The largest absolute Gasteiger partial charge is 0.476 e. The van der Waals surface area contributed by atoms with E-state index in [1.54, 1.807) is 6.92 Å². The standard InChI is InChI=1S/C13H12N2O4S/c1-8-10(11(16)17)14-12(20-8)15-13(18)19-7-9-5-3-2-4-6-9/h2-6H,7H2,1H3,(H,16,17)(H,14,15,18). The van der Waals surface area contributed by atoms with Crippen molar-refractivity contribution in [1.29, 1.82) is 0 Å². The van der Waals surface area contributed by atoms with Crippen LogP contribution in [0.5, 0.6) is 0 Å². The fourth-order valence-electron chi connectivity index (χ4n) is 1.49. The van der Waals surface area contributed by atoms with E-state index >= 15 is 0 Å². The third-order valence-electron chi connectivity index (χ3n) is 2.42. The molecule has 1 aromatic carbocycles. The van der Waals surface area contributed by atoms with Crippen LogP contribution in [0.3, 0.4) is 0 Å². The summed E-state index contributed by atoms with van der Waals surface area (Å²) in [5, 5.41) is 11.5. The van der Waals surface area contributed by atoms with E-state index in [4.69, 9.17) is 9.84 Å². The molecule has 0 aliphatic heterocycles. The van der Waals surface area contributed by atoms with E-state index < -0.39 is 12.1 Å². The molecule has 0 saturated carbocycles. The highest BCUT2D eigenvalue weighted by Crippen LogP contribution is 2.22. The molecule has 1 aromatic heterocycles. The quantitative estimate of drug-likeness (QED) is 0.904. The molecule has 20 heavy (non-hydrogen) atoms. The highest BCUT2D eigenvalue weighted by Gasteiger charge is 2.15. The van der Waals surface area contributed by atoms with Crippen molar-refractivity contribution in [3.63, 3.8) is 0 Å². The summed E-state index contributed by atoms with van der Waals surface area (Å²) in [6, 6.07) is 9.24. The van der Waals surface area contributed by atoms with Crippen molar-refractivity contribution in [3.8, 4) is 0 Å². The summed E-state index contributed by atoms with van der Waals surface area (Å²) in [5.74, 6) is -1.12. The average molecular weight is 292 g/mol. The molecular weight excluding hydrogens is 280 g/mol. The zero-order valence-electron chi connectivity index (χ0n) is 10.6. The average Bonchev–Trinajstić information content (AvgIpc) is 2.78. The van der Waals surface area contributed by atoms with Crippen molar-refractivity contribution in [1.82, 2.24) is 4.98 Å². The SMILES string of the molecule is Cc1sc(NC(=O)OCc2ccccc2)nc1C(=O)O. The number of rotatable bonds is 4. The Bertz CT molecular complexity index is 625. The number of carboxylic acids is 1. The van der Waals surface area contributed by atoms with Crippen LogP contribution in [0.4, 0.5) is 9.93 Å². The molecular formula is C13H12N2O4S. The summed E-state index contributed by atoms with van der Waals surface area (Å²) in [7, 11) is 0. The molecule has 0 bridgehead atoms. The number of nitrogens with zero attached hydrogens (tertiary/aromatic N) is 1. The van der Waals surface area contributed by atoms with Crippen LogP contribution in [0, 0.1) is 6.92 Å². The van der Waals surface area contributed by atoms with E-state index in [9.17, 15) is 9.59 Å². The first kappa shape index (κ1) is 14.0. The van der Waals surface area contributed by atoms with Crippen LogP contribution >= 0.6 is 11.3 Å². The lowest BCUT2D eigenvalue weighted by Gasteiger charge is -2.04. The molecule has 0 unspecified atom stereocenters. The van der Waals surface area contributed by atoms with Crippen LogP contribution in [0.2, 0.25) is 0 Å². The Kier molecular flexibility index (Phi) is 4.31. The Morgan fingerprint density at radius 3 is 2.65 bits per heavy atom. The molecule has 0 atom stereocenters. The number of amides is 1. The lowest BCUT2D eigenvalue weighted by Crippen LogP contribution is -2.13. The maximum Gasteiger partial charge on any atom is 0.413 e. The Morgan fingerprint density at radius 1 is 1.35 bits per heavy atom. The predicted octanol–water partition coefficient (Wildman–Crippen LogP) is 2.90. The molecule has 7 heteroatoms. The number of ether oxygens (including phenoxy) is 1. The number of aromatic nitrogens is 1. The van der Waals surface area contributed by atoms with Crippen LogP contribution < -0.4 is 5.32 Å². The first-order valence-corrected chi connectivity index (χ1v) is 6.56. The van der Waals surface area contributed by atoms with Gasteiger partial charge in [-0.25, -0.2) is 14.6 Å². The number of aryl methyl sites for hydroxylation is 1. The Hall–Kier alpha value is -2.41. The minimum atomic E-state index is -1.12. The molecule has 2 N–H and O–H groups in total. The number of nitrogens with one attached hydrogen (secondary N) is 1. The van der Waals surface area contributed by atoms with Gasteiger partial charge in [-0.2, -0.15) is 0 Å². The van der Waals surface area contributed by atoms with Crippen molar-refractivity contribution in [2.24, 2.45) is 0 Å². The number of benzene rings is 1.